The van der Waals surface area contributed by atoms with E-state index >= 15 is 0 Å². The fraction of sp³-hybridized carbons (Fsp3) is 0.417. The van der Waals surface area contributed by atoms with Gasteiger partial charge in [-0.25, -0.2) is 0 Å². The molecule has 5 nitrogen and oxygen atoms in total. The van der Waals surface area contributed by atoms with E-state index in [0.29, 0.717) is 36.8 Å². The number of carbonyl (C=O) groups is 1. The van der Waals surface area contributed by atoms with Gasteiger partial charge < -0.3 is 20.1 Å². The lowest BCUT2D eigenvalue weighted by atomic mass is 10.2. The van der Waals surface area contributed by atoms with Crippen molar-refractivity contribution < 1.29 is 14.3 Å². The zero-order chi connectivity index (χ0) is 13.0. The van der Waals surface area contributed by atoms with Crippen molar-refractivity contribution in [2.75, 3.05) is 33.4 Å². The van der Waals surface area contributed by atoms with Gasteiger partial charge in [0.05, 0.1) is 4.47 Å². The Labute approximate surface area is 126 Å². The predicted octanol–water partition coefficient (Wildman–Crippen LogP) is 1.59. The van der Waals surface area contributed by atoms with Crippen LogP contribution in [0.5, 0.6) is 11.5 Å². The number of hydrogen-bond acceptors (Lipinski definition) is 4. The second-order valence-electron chi connectivity index (χ2n) is 3.84. The van der Waals surface area contributed by atoms with Gasteiger partial charge >= 0.3 is 0 Å². The number of likely N-dealkylation sites (N-methyl/N-ethyl adjacent to an activating group) is 1. The monoisotopic (exact) mass is 350 g/mol. The molecule has 0 radical (unpaired) electrons. The van der Waals surface area contributed by atoms with Gasteiger partial charge in [-0.3, -0.25) is 4.79 Å². The molecule has 2 rings (SSSR count). The molecule has 19 heavy (non-hydrogen) atoms. The van der Waals surface area contributed by atoms with Crippen molar-refractivity contribution in [2.24, 2.45) is 0 Å². The number of nitrogens with one attached hydrogen (secondary N) is 2. The Bertz CT molecular complexity index is 457. The molecular weight excluding hydrogens is 336 g/mol. The largest absolute Gasteiger partial charge is 0.486 e. The topological polar surface area (TPSA) is 59.6 Å². The summed E-state index contributed by atoms with van der Waals surface area (Å²) in [6, 6.07) is 3.44. The number of carbonyl (C=O) groups excluding carboxylic acids is 1. The zero-order valence-corrected chi connectivity index (χ0v) is 12.9. The first-order valence-corrected chi connectivity index (χ1v) is 6.53. The van der Waals surface area contributed by atoms with Crippen LogP contribution in [0.1, 0.15) is 10.4 Å². The molecular formula is C12H16BrClN2O3. The van der Waals surface area contributed by atoms with E-state index in [0.717, 1.165) is 11.0 Å². The molecule has 0 saturated heterocycles. The maximum Gasteiger partial charge on any atom is 0.251 e. The third-order valence-corrected chi connectivity index (χ3v) is 3.11. The minimum absolute atomic E-state index is 0. The van der Waals surface area contributed by atoms with Crippen molar-refractivity contribution >= 4 is 34.2 Å². The highest BCUT2D eigenvalue weighted by Crippen LogP contribution is 2.38. The molecule has 7 heteroatoms. The summed E-state index contributed by atoms with van der Waals surface area (Å²) in [5.41, 5.74) is 0.558. The summed E-state index contributed by atoms with van der Waals surface area (Å²) < 4.78 is 11.7. The van der Waals surface area contributed by atoms with E-state index in [2.05, 4.69) is 26.6 Å². The third-order valence-electron chi connectivity index (χ3n) is 2.52. The van der Waals surface area contributed by atoms with Gasteiger partial charge in [-0.15, -0.1) is 12.4 Å². The molecule has 0 bridgehead atoms. The van der Waals surface area contributed by atoms with E-state index in [1.165, 1.54) is 0 Å². The predicted molar refractivity (Wildman–Crippen MR) is 78.6 cm³/mol. The summed E-state index contributed by atoms with van der Waals surface area (Å²) in [5.74, 6) is 1.14. The number of ether oxygens (including phenoxy) is 2. The number of amides is 1. The normalized spacial score (nSPS) is 12.5. The highest BCUT2D eigenvalue weighted by atomic mass is 79.9. The van der Waals surface area contributed by atoms with Crippen LogP contribution in [0.15, 0.2) is 16.6 Å². The van der Waals surface area contributed by atoms with E-state index in [1.807, 2.05) is 7.05 Å². The molecule has 1 aliphatic rings. The molecule has 0 atom stereocenters. The van der Waals surface area contributed by atoms with Crippen LogP contribution >= 0.6 is 28.3 Å². The first-order chi connectivity index (χ1) is 8.72. The van der Waals surface area contributed by atoms with Gasteiger partial charge in [0.1, 0.15) is 13.2 Å². The molecule has 1 aliphatic heterocycles. The van der Waals surface area contributed by atoms with Crippen LogP contribution in [0.2, 0.25) is 0 Å². The van der Waals surface area contributed by atoms with Gasteiger partial charge in [-0.05, 0) is 35.1 Å². The third kappa shape index (κ3) is 3.99. The quantitative estimate of drug-likeness (QED) is 0.809. The Hall–Kier alpha value is -0.980. The average molecular weight is 352 g/mol. The van der Waals surface area contributed by atoms with Gasteiger partial charge in [0.15, 0.2) is 11.5 Å². The van der Waals surface area contributed by atoms with Crippen molar-refractivity contribution in [3.05, 3.63) is 22.2 Å². The van der Waals surface area contributed by atoms with Crippen molar-refractivity contribution in [2.45, 2.75) is 0 Å². The first-order valence-electron chi connectivity index (χ1n) is 5.74. The number of rotatable bonds is 4. The van der Waals surface area contributed by atoms with Crippen LogP contribution in [-0.2, 0) is 0 Å². The smallest absolute Gasteiger partial charge is 0.251 e. The molecule has 106 valence electrons. The fourth-order valence-electron chi connectivity index (χ4n) is 1.65. The van der Waals surface area contributed by atoms with Crippen molar-refractivity contribution in [3.63, 3.8) is 0 Å². The molecule has 0 saturated carbocycles. The summed E-state index contributed by atoms with van der Waals surface area (Å²) in [7, 11) is 1.84. The summed E-state index contributed by atoms with van der Waals surface area (Å²) in [5, 5.41) is 5.78. The molecule has 1 heterocycles. The first kappa shape index (κ1) is 16.1. The SMILES string of the molecule is CNCCNC(=O)c1cc(Br)c2c(c1)OCCO2.Cl. The molecule has 0 aromatic heterocycles. The van der Waals surface area contributed by atoms with E-state index in [1.54, 1.807) is 12.1 Å². The second kappa shape index (κ2) is 7.57. The summed E-state index contributed by atoms with van der Waals surface area (Å²) >= 11 is 3.39. The maximum absolute atomic E-state index is 11.9. The summed E-state index contributed by atoms with van der Waals surface area (Å²) in [4.78, 5) is 11.9. The van der Waals surface area contributed by atoms with Crippen molar-refractivity contribution in [1.82, 2.24) is 10.6 Å². The van der Waals surface area contributed by atoms with Gasteiger partial charge in [-0.2, -0.15) is 0 Å². The molecule has 0 unspecified atom stereocenters. The highest BCUT2D eigenvalue weighted by Gasteiger charge is 2.18. The fourth-order valence-corrected chi connectivity index (χ4v) is 2.20. The molecule has 0 fully saturated rings. The van der Waals surface area contributed by atoms with Crippen LogP contribution < -0.4 is 20.1 Å². The molecule has 1 aromatic rings. The van der Waals surface area contributed by atoms with E-state index < -0.39 is 0 Å². The lowest BCUT2D eigenvalue weighted by molar-refractivity contribution is 0.0952. The van der Waals surface area contributed by atoms with E-state index in [-0.39, 0.29) is 18.3 Å². The summed E-state index contributed by atoms with van der Waals surface area (Å²) in [6.45, 7) is 2.35. The van der Waals surface area contributed by atoms with Crippen LogP contribution in [-0.4, -0.2) is 39.3 Å². The summed E-state index contributed by atoms with van der Waals surface area (Å²) in [6.07, 6.45) is 0. The average Bonchev–Trinajstić information content (AvgIpc) is 2.39. The van der Waals surface area contributed by atoms with Gasteiger partial charge in [0.2, 0.25) is 0 Å². The van der Waals surface area contributed by atoms with Gasteiger partial charge in [-0.1, -0.05) is 0 Å². The van der Waals surface area contributed by atoms with Crippen LogP contribution in [0.4, 0.5) is 0 Å². The molecule has 1 amide bonds. The van der Waals surface area contributed by atoms with E-state index in [9.17, 15) is 4.79 Å². The van der Waals surface area contributed by atoms with Gasteiger partial charge in [0.25, 0.3) is 5.91 Å². The lowest BCUT2D eigenvalue weighted by Gasteiger charge is -2.20. The van der Waals surface area contributed by atoms with Gasteiger partial charge in [0, 0.05) is 18.7 Å². The van der Waals surface area contributed by atoms with Crippen LogP contribution in [0, 0.1) is 0 Å². The Morgan fingerprint density at radius 2 is 2.05 bits per heavy atom. The second-order valence-corrected chi connectivity index (χ2v) is 4.70. The van der Waals surface area contributed by atoms with E-state index in [4.69, 9.17) is 9.47 Å². The minimum Gasteiger partial charge on any atom is -0.486 e. The highest BCUT2D eigenvalue weighted by molar-refractivity contribution is 9.10. The number of fused-ring (bicyclic) bond motifs is 1. The zero-order valence-electron chi connectivity index (χ0n) is 10.5. The lowest BCUT2D eigenvalue weighted by Crippen LogP contribution is -2.30. The Morgan fingerprint density at radius 3 is 2.79 bits per heavy atom. The molecule has 0 aliphatic carbocycles. The molecule has 0 spiro atoms. The Morgan fingerprint density at radius 1 is 1.32 bits per heavy atom. The maximum atomic E-state index is 11.9. The minimum atomic E-state index is -0.122. The molecule has 2 N–H and O–H groups in total. The molecule has 1 aromatic carbocycles. The Balaban J connectivity index is 0.00000180. The number of benzene rings is 1. The van der Waals surface area contributed by atoms with Crippen molar-refractivity contribution in [3.8, 4) is 11.5 Å². The van der Waals surface area contributed by atoms with Crippen LogP contribution in [0.3, 0.4) is 0 Å². The standard InChI is InChI=1S/C12H15BrN2O3.ClH/c1-14-2-3-15-12(16)8-6-9(13)11-10(7-8)17-4-5-18-11;/h6-7,14H,2-5H2,1H3,(H,15,16);1H. The number of halogens is 2. The number of hydrogen-bond donors (Lipinski definition) is 2. The van der Waals surface area contributed by atoms with Crippen molar-refractivity contribution in [1.29, 1.82) is 0 Å². The Kier molecular flexibility index (Phi) is 6.41. The van der Waals surface area contributed by atoms with Crippen LogP contribution in [0.25, 0.3) is 0 Å².